The summed E-state index contributed by atoms with van der Waals surface area (Å²) in [5, 5.41) is 7.72. The number of carbonyl (C=O) groups is 1. The minimum atomic E-state index is 0.159. The topological polar surface area (TPSA) is 58.1 Å². The van der Waals surface area contributed by atoms with Gasteiger partial charge in [0.05, 0.1) is 5.69 Å². The minimum absolute atomic E-state index is 0.159. The molecule has 21 heavy (non-hydrogen) atoms. The van der Waals surface area contributed by atoms with E-state index in [0.29, 0.717) is 12.1 Å². The third-order valence-corrected chi connectivity index (χ3v) is 5.37. The molecule has 2 unspecified atom stereocenters. The van der Waals surface area contributed by atoms with Gasteiger partial charge in [0.15, 0.2) is 0 Å². The molecule has 2 aliphatic heterocycles. The molecule has 6 heteroatoms. The Hall–Kier alpha value is -1.01. The number of rotatable bonds is 4. The zero-order valence-corrected chi connectivity index (χ0v) is 13.5. The number of piperidine rings is 1. The van der Waals surface area contributed by atoms with Crippen LogP contribution in [0.5, 0.6) is 0 Å². The highest BCUT2D eigenvalue weighted by molar-refractivity contribution is 7.08. The normalized spacial score (nSPS) is 26.2. The zero-order chi connectivity index (χ0) is 14.7. The van der Waals surface area contributed by atoms with E-state index in [0.717, 1.165) is 49.3 Å². The van der Waals surface area contributed by atoms with E-state index in [1.54, 1.807) is 0 Å². The highest BCUT2D eigenvalue weighted by atomic mass is 32.1. The highest BCUT2D eigenvalue weighted by Gasteiger charge is 2.35. The molecule has 0 aromatic carbocycles. The summed E-state index contributed by atoms with van der Waals surface area (Å²) in [6, 6.07) is 0.829. The number of hydrogen-bond acceptors (Lipinski definition) is 5. The van der Waals surface area contributed by atoms with Gasteiger partial charge in [0, 0.05) is 18.6 Å². The van der Waals surface area contributed by atoms with Gasteiger partial charge in [-0.2, -0.15) is 0 Å². The van der Waals surface area contributed by atoms with Crippen molar-refractivity contribution in [1.29, 1.82) is 0 Å². The second kappa shape index (κ2) is 6.83. The molecule has 0 saturated carbocycles. The largest absolute Gasteiger partial charge is 0.333 e. The van der Waals surface area contributed by atoms with Gasteiger partial charge in [-0.25, -0.2) is 0 Å². The fraction of sp³-hybridized carbons (Fsp3) is 0.800. The maximum Gasteiger partial charge on any atom is 0.267 e. The first kappa shape index (κ1) is 14.9. The maximum absolute atomic E-state index is 13.0. The summed E-state index contributed by atoms with van der Waals surface area (Å²) in [4.78, 5) is 15.8. The van der Waals surface area contributed by atoms with Crippen molar-refractivity contribution in [2.45, 2.75) is 64.0 Å². The van der Waals surface area contributed by atoms with Crippen LogP contribution in [0.3, 0.4) is 0 Å². The van der Waals surface area contributed by atoms with Crippen molar-refractivity contribution in [3.05, 3.63) is 10.6 Å². The fourth-order valence-corrected chi connectivity index (χ4v) is 4.23. The molecule has 0 bridgehead atoms. The van der Waals surface area contributed by atoms with Crippen molar-refractivity contribution in [1.82, 2.24) is 19.8 Å². The van der Waals surface area contributed by atoms with Crippen LogP contribution in [0, 0.1) is 0 Å². The Labute approximate surface area is 130 Å². The smallest absolute Gasteiger partial charge is 0.267 e. The molecule has 1 N–H and O–H groups in total. The number of hydrogen-bond donors (Lipinski definition) is 1. The third kappa shape index (κ3) is 3.11. The van der Waals surface area contributed by atoms with Crippen LogP contribution in [0.15, 0.2) is 0 Å². The van der Waals surface area contributed by atoms with Crippen molar-refractivity contribution >= 4 is 17.4 Å². The van der Waals surface area contributed by atoms with E-state index in [-0.39, 0.29) is 5.91 Å². The first-order valence-electron chi connectivity index (χ1n) is 8.17. The van der Waals surface area contributed by atoms with Gasteiger partial charge in [0.2, 0.25) is 0 Å². The number of nitrogens with zero attached hydrogens (tertiary/aromatic N) is 3. The standard InChI is InChI=1S/C15H24N4OS/c1-2-6-12-14(21-18-17-12)15(20)19-10-4-3-8-13(19)11-7-5-9-16-11/h11,13,16H,2-10H2,1H3. The Morgan fingerprint density at radius 3 is 3.05 bits per heavy atom. The van der Waals surface area contributed by atoms with E-state index in [1.807, 2.05) is 0 Å². The lowest BCUT2D eigenvalue weighted by Gasteiger charge is -2.39. The summed E-state index contributed by atoms with van der Waals surface area (Å²) < 4.78 is 4.01. The van der Waals surface area contributed by atoms with Crippen molar-refractivity contribution in [3.63, 3.8) is 0 Å². The molecule has 3 rings (SSSR count). The van der Waals surface area contributed by atoms with Crippen LogP contribution in [0.1, 0.15) is 60.8 Å². The number of likely N-dealkylation sites (tertiary alicyclic amines) is 1. The van der Waals surface area contributed by atoms with Crippen molar-refractivity contribution < 1.29 is 4.79 Å². The molecule has 2 aliphatic rings. The molecular weight excluding hydrogens is 284 g/mol. The van der Waals surface area contributed by atoms with E-state index < -0.39 is 0 Å². The monoisotopic (exact) mass is 308 g/mol. The summed E-state index contributed by atoms with van der Waals surface area (Å²) in [5.74, 6) is 0.159. The SMILES string of the molecule is CCCc1nnsc1C(=O)N1CCCCC1C1CCCN1. The molecule has 0 radical (unpaired) electrons. The minimum Gasteiger partial charge on any atom is -0.333 e. The van der Waals surface area contributed by atoms with Crippen LogP contribution in [-0.2, 0) is 6.42 Å². The van der Waals surface area contributed by atoms with Crippen LogP contribution in [0.2, 0.25) is 0 Å². The third-order valence-electron chi connectivity index (χ3n) is 4.61. The van der Waals surface area contributed by atoms with E-state index in [2.05, 4.69) is 26.7 Å². The highest BCUT2D eigenvalue weighted by Crippen LogP contribution is 2.27. The molecule has 3 heterocycles. The Balaban J connectivity index is 1.78. The molecule has 1 aromatic heterocycles. The number of aromatic nitrogens is 2. The molecule has 5 nitrogen and oxygen atoms in total. The van der Waals surface area contributed by atoms with Gasteiger partial charge in [-0.1, -0.05) is 17.8 Å². The molecule has 2 atom stereocenters. The lowest BCUT2D eigenvalue weighted by molar-refractivity contribution is 0.0567. The van der Waals surface area contributed by atoms with Crippen molar-refractivity contribution in [2.75, 3.05) is 13.1 Å². The molecule has 0 aliphatic carbocycles. The Kier molecular flexibility index (Phi) is 4.85. The fourth-order valence-electron chi connectivity index (χ4n) is 3.57. The van der Waals surface area contributed by atoms with Crippen LogP contribution >= 0.6 is 11.5 Å². The van der Waals surface area contributed by atoms with Gasteiger partial charge >= 0.3 is 0 Å². The van der Waals surface area contributed by atoms with Gasteiger partial charge < -0.3 is 10.2 Å². The quantitative estimate of drug-likeness (QED) is 0.927. The molecule has 1 amide bonds. The van der Waals surface area contributed by atoms with Crippen molar-refractivity contribution in [3.8, 4) is 0 Å². The molecule has 2 fully saturated rings. The first-order valence-corrected chi connectivity index (χ1v) is 8.94. The number of nitrogens with one attached hydrogen (secondary N) is 1. The molecule has 1 aromatic rings. The predicted octanol–water partition coefficient (Wildman–Crippen LogP) is 2.24. The lowest BCUT2D eigenvalue weighted by atomic mass is 9.94. The average Bonchev–Trinajstić information content (AvgIpc) is 3.18. The molecular formula is C15H24N4OS. The summed E-state index contributed by atoms with van der Waals surface area (Å²) in [7, 11) is 0. The zero-order valence-electron chi connectivity index (χ0n) is 12.7. The second-order valence-electron chi connectivity index (χ2n) is 6.06. The van der Waals surface area contributed by atoms with Crippen LogP contribution in [-0.4, -0.2) is 45.6 Å². The summed E-state index contributed by atoms with van der Waals surface area (Å²) in [5.41, 5.74) is 0.885. The molecule has 2 saturated heterocycles. The van der Waals surface area contributed by atoms with Gasteiger partial charge in [-0.15, -0.1) is 5.10 Å². The van der Waals surface area contributed by atoms with Crippen LogP contribution in [0.4, 0.5) is 0 Å². The molecule has 0 spiro atoms. The number of amides is 1. The Bertz CT molecular complexity index is 484. The second-order valence-corrected chi connectivity index (χ2v) is 6.82. The Morgan fingerprint density at radius 2 is 2.29 bits per heavy atom. The van der Waals surface area contributed by atoms with Crippen molar-refractivity contribution in [2.24, 2.45) is 0 Å². The number of aryl methyl sites for hydroxylation is 1. The number of carbonyl (C=O) groups excluding carboxylic acids is 1. The summed E-state index contributed by atoms with van der Waals surface area (Å²) in [6.07, 6.45) is 7.74. The summed E-state index contributed by atoms with van der Waals surface area (Å²) >= 11 is 1.26. The lowest BCUT2D eigenvalue weighted by Crippen LogP contribution is -2.52. The van der Waals surface area contributed by atoms with Crippen LogP contribution < -0.4 is 5.32 Å². The van der Waals surface area contributed by atoms with Gasteiger partial charge in [-0.3, -0.25) is 4.79 Å². The average molecular weight is 308 g/mol. The summed E-state index contributed by atoms with van der Waals surface area (Å²) in [6.45, 7) is 4.08. The van der Waals surface area contributed by atoms with E-state index in [9.17, 15) is 4.79 Å². The van der Waals surface area contributed by atoms with Crippen LogP contribution in [0.25, 0.3) is 0 Å². The van der Waals surface area contributed by atoms with Gasteiger partial charge in [0.1, 0.15) is 4.88 Å². The van der Waals surface area contributed by atoms with E-state index in [4.69, 9.17) is 0 Å². The van der Waals surface area contributed by atoms with E-state index >= 15 is 0 Å². The Morgan fingerprint density at radius 1 is 1.38 bits per heavy atom. The predicted molar refractivity (Wildman–Crippen MR) is 83.6 cm³/mol. The maximum atomic E-state index is 13.0. The molecule has 116 valence electrons. The van der Waals surface area contributed by atoms with Gasteiger partial charge in [-0.05, 0) is 56.6 Å². The first-order chi connectivity index (χ1) is 10.3. The van der Waals surface area contributed by atoms with Gasteiger partial charge in [0.25, 0.3) is 5.91 Å². The van der Waals surface area contributed by atoms with E-state index in [1.165, 1.54) is 30.8 Å².